The molecule has 1 aliphatic heterocycles. The predicted molar refractivity (Wildman–Crippen MR) is 74.0 cm³/mol. The van der Waals surface area contributed by atoms with Crippen LogP contribution >= 0.6 is 0 Å². The zero-order valence-electron chi connectivity index (χ0n) is 11.7. The van der Waals surface area contributed by atoms with Gasteiger partial charge in [0.15, 0.2) is 0 Å². The number of hydrogen-bond acceptors (Lipinski definition) is 3. The standard InChI is InChI=1S/C15H22N2O2/c1-11(2)14-4-3-13(9-16-14)15(19)17-7-5-12(10-18)6-8-17/h3-4,9,11-12,18H,5-8,10H2,1-2H3. The fourth-order valence-electron chi connectivity index (χ4n) is 2.37. The monoisotopic (exact) mass is 262 g/mol. The first-order valence-corrected chi connectivity index (χ1v) is 6.98. The van der Waals surface area contributed by atoms with E-state index in [0.717, 1.165) is 31.6 Å². The van der Waals surface area contributed by atoms with Crippen molar-refractivity contribution in [1.29, 1.82) is 0 Å². The lowest BCUT2D eigenvalue weighted by atomic mass is 9.97. The molecule has 0 aliphatic carbocycles. The molecule has 1 amide bonds. The number of aliphatic hydroxyl groups excluding tert-OH is 1. The minimum absolute atomic E-state index is 0.0548. The molecule has 0 saturated carbocycles. The van der Waals surface area contributed by atoms with Gasteiger partial charge in [0.2, 0.25) is 0 Å². The molecule has 1 aromatic rings. The second-order valence-corrected chi connectivity index (χ2v) is 5.54. The zero-order chi connectivity index (χ0) is 13.8. The number of pyridine rings is 1. The fraction of sp³-hybridized carbons (Fsp3) is 0.600. The van der Waals surface area contributed by atoms with E-state index in [0.29, 0.717) is 17.4 Å². The Hall–Kier alpha value is -1.42. The summed E-state index contributed by atoms with van der Waals surface area (Å²) in [5.41, 5.74) is 1.67. The average Bonchev–Trinajstić information content (AvgIpc) is 2.46. The first-order chi connectivity index (χ1) is 9.11. The first-order valence-electron chi connectivity index (χ1n) is 6.98. The molecule has 0 aromatic carbocycles. The van der Waals surface area contributed by atoms with Crippen LogP contribution in [0.25, 0.3) is 0 Å². The van der Waals surface area contributed by atoms with Crippen LogP contribution in [0.15, 0.2) is 18.3 Å². The SMILES string of the molecule is CC(C)c1ccc(C(=O)N2CCC(CO)CC2)cn1. The number of carbonyl (C=O) groups is 1. The van der Waals surface area contributed by atoms with Gasteiger partial charge in [-0.3, -0.25) is 9.78 Å². The smallest absolute Gasteiger partial charge is 0.255 e. The van der Waals surface area contributed by atoms with Gasteiger partial charge in [0.25, 0.3) is 5.91 Å². The molecule has 0 unspecified atom stereocenters. The summed E-state index contributed by atoms with van der Waals surface area (Å²) in [6, 6.07) is 3.79. The van der Waals surface area contributed by atoms with Gasteiger partial charge in [0, 0.05) is 31.6 Å². The lowest BCUT2D eigenvalue weighted by Crippen LogP contribution is -2.39. The number of hydrogen-bond donors (Lipinski definition) is 1. The van der Waals surface area contributed by atoms with Crippen LogP contribution in [0.1, 0.15) is 48.7 Å². The van der Waals surface area contributed by atoms with E-state index < -0.39 is 0 Å². The molecule has 1 N–H and O–H groups in total. The quantitative estimate of drug-likeness (QED) is 0.907. The summed E-state index contributed by atoms with van der Waals surface area (Å²) in [6.07, 6.45) is 3.45. The maximum Gasteiger partial charge on any atom is 0.255 e. The third kappa shape index (κ3) is 3.32. The number of amides is 1. The second-order valence-electron chi connectivity index (χ2n) is 5.54. The Labute approximate surface area is 114 Å². The molecule has 0 spiro atoms. The molecule has 104 valence electrons. The molecule has 1 saturated heterocycles. The molecule has 2 heterocycles. The Morgan fingerprint density at radius 1 is 1.42 bits per heavy atom. The Kier molecular flexibility index (Phi) is 4.53. The van der Waals surface area contributed by atoms with Crippen LogP contribution in [0, 0.1) is 5.92 Å². The molecular weight excluding hydrogens is 240 g/mol. The molecule has 4 nitrogen and oxygen atoms in total. The van der Waals surface area contributed by atoms with Crippen LogP contribution in [-0.4, -0.2) is 40.6 Å². The number of aromatic nitrogens is 1. The maximum atomic E-state index is 12.3. The molecule has 2 rings (SSSR count). The van der Waals surface area contributed by atoms with E-state index in [1.807, 2.05) is 17.0 Å². The van der Waals surface area contributed by atoms with E-state index in [9.17, 15) is 4.79 Å². The molecule has 4 heteroatoms. The number of likely N-dealkylation sites (tertiary alicyclic amines) is 1. The summed E-state index contributed by atoms with van der Waals surface area (Å²) >= 11 is 0. The minimum Gasteiger partial charge on any atom is -0.396 e. The first kappa shape index (κ1) is 14.0. The minimum atomic E-state index is 0.0548. The van der Waals surface area contributed by atoms with Gasteiger partial charge in [-0.2, -0.15) is 0 Å². The van der Waals surface area contributed by atoms with Crippen molar-refractivity contribution in [2.75, 3.05) is 19.7 Å². The van der Waals surface area contributed by atoms with Gasteiger partial charge in [-0.25, -0.2) is 0 Å². The van der Waals surface area contributed by atoms with E-state index in [-0.39, 0.29) is 12.5 Å². The largest absolute Gasteiger partial charge is 0.396 e. The highest BCUT2D eigenvalue weighted by Crippen LogP contribution is 2.19. The predicted octanol–water partition coefficient (Wildman–Crippen LogP) is 2.05. The third-order valence-electron chi connectivity index (χ3n) is 3.78. The van der Waals surface area contributed by atoms with E-state index in [1.165, 1.54) is 0 Å². The zero-order valence-corrected chi connectivity index (χ0v) is 11.7. The third-order valence-corrected chi connectivity index (χ3v) is 3.78. The van der Waals surface area contributed by atoms with Crippen molar-refractivity contribution in [3.8, 4) is 0 Å². The van der Waals surface area contributed by atoms with Crippen LogP contribution in [0.4, 0.5) is 0 Å². The van der Waals surface area contributed by atoms with Crippen molar-refractivity contribution in [3.05, 3.63) is 29.6 Å². The molecule has 1 aliphatic rings. The molecule has 0 radical (unpaired) electrons. The van der Waals surface area contributed by atoms with Crippen molar-refractivity contribution in [1.82, 2.24) is 9.88 Å². The second kappa shape index (κ2) is 6.15. The highest BCUT2D eigenvalue weighted by Gasteiger charge is 2.23. The molecule has 0 atom stereocenters. The van der Waals surface area contributed by atoms with Gasteiger partial charge in [-0.05, 0) is 36.8 Å². The van der Waals surface area contributed by atoms with Crippen molar-refractivity contribution in [2.45, 2.75) is 32.6 Å². The normalized spacial score (nSPS) is 16.9. The number of aliphatic hydroxyl groups is 1. The van der Waals surface area contributed by atoms with Gasteiger partial charge < -0.3 is 10.0 Å². The topological polar surface area (TPSA) is 53.4 Å². The summed E-state index contributed by atoms with van der Waals surface area (Å²) in [6.45, 7) is 5.87. The summed E-state index contributed by atoms with van der Waals surface area (Å²) in [5, 5.41) is 9.10. The van der Waals surface area contributed by atoms with Gasteiger partial charge in [0.1, 0.15) is 0 Å². The summed E-state index contributed by atoms with van der Waals surface area (Å²) in [7, 11) is 0. The van der Waals surface area contributed by atoms with Crippen molar-refractivity contribution >= 4 is 5.91 Å². The molecule has 1 aromatic heterocycles. The van der Waals surface area contributed by atoms with Crippen LogP contribution in [-0.2, 0) is 0 Å². The van der Waals surface area contributed by atoms with Gasteiger partial charge in [-0.15, -0.1) is 0 Å². The maximum absolute atomic E-state index is 12.3. The van der Waals surface area contributed by atoms with E-state index in [4.69, 9.17) is 5.11 Å². The van der Waals surface area contributed by atoms with Crippen molar-refractivity contribution < 1.29 is 9.90 Å². The molecule has 1 fully saturated rings. The summed E-state index contributed by atoms with van der Waals surface area (Å²) < 4.78 is 0. The van der Waals surface area contributed by atoms with Crippen molar-refractivity contribution in [2.24, 2.45) is 5.92 Å². The lowest BCUT2D eigenvalue weighted by Gasteiger charge is -2.31. The Morgan fingerprint density at radius 2 is 2.11 bits per heavy atom. The number of nitrogens with zero attached hydrogens (tertiary/aromatic N) is 2. The van der Waals surface area contributed by atoms with E-state index >= 15 is 0 Å². The number of piperidine rings is 1. The Bertz CT molecular complexity index is 420. The highest BCUT2D eigenvalue weighted by atomic mass is 16.3. The van der Waals surface area contributed by atoms with Crippen molar-refractivity contribution in [3.63, 3.8) is 0 Å². The van der Waals surface area contributed by atoms with Crippen LogP contribution < -0.4 is 0 Å². The van der Waals surface area contributed by atoms with Gasteiger partial charge >= 0.3 is 0 Å². The lowest BCUT2D eigenvalue weighted by molar-refractivity contribution is 0.0650. The molecule has 19 heavy (non-hydrogen) atoms. The van der Waals surface area contributed by atoms with Crippen LogP contribution in [0.2, 0.25) is 0 Å². The summed E-state index contributed by atoms with van der Waals surface area (Å²) in [4.78, 5) is 18.5. The fourth-order valence-corrected chi connectivity index (χ4v) is 2.37. The number of rotatable bonds is 3. The Morgan fingerprint density at radius 3 is 2.58 bits per heavy atom. The highest BCUT2D eigenvalue weighted by molar-refractivity contribution is 5.94. The van der Waals surface area contributed by atoms with Crippen LogP contribution in [0.3, 0.4) is 0 Å². The molecular formula is C15H22N2O2. The van der Waals surface area contributed by atoms with Gasteiger partial charge in [0.05, 0.1) is 5.56 Å². The Balaban J connectivity index is 2.00. The van der Waals surface area contributed by atoms with Crippen LogP contribution in [0.5, 0.6) is 0 Å². The van der Waals surface area contributed by atoms with E-state index in [2.05, 4.69) is 18.8 Å². The average molecular weight is 262 g/mol. The molecule has 0 bridgehead atoms. The van der Waals surface area contributed by atoms with E-state index in [1.54, 1.807) is 6.20 Å². The van der Waals surface area contributed by atoms with Gasteiger partial charge in [-0.1, -0.05) is 13.8 Å². The number of carbonyl (C=O) groups excluding carboxylic acids is 1. The summed E-state index contributed by atoms with van der Waals surface area (Å²) in [5.74, 6) is 0.786.